The number of ether oxygens (including phenoxy) is 3. The number of H-pyrrole nitrogens is 1. The SMILES string of the molecule is C/C1=C/C=C/[C@H](C)[C@H](O)[C@@H](C)C(O)[C@@H](C)C(OC(=O)C(C)C(=O)N2CCC(n3c4c([nH]c3=O)CCC=C4)CC2)[C@H](C)C/C=C/O[C@@]2(C)Oc3c(C)c(O)c4c(O)c(c5c(c4c3C2=O)=NC2(CCN(CC(C)C)CC2)N=5)NC1=O. The molecule has 3 aromatic rings. The summed E-state index contributed by atoms with van der Waals surface area (Å²) in [7, 11) is 0. The second-order valence-corrected chi connectivity index (χ2v) is 23.4. The van der Waals surface area contributed by atoms with E-state index in [1.54, 1.807) is 68.4 Å². The largest absolute Gasteiger partial charge is 0.507 e. The van der Waals surface area contributed by atoms with Gasteiger partial charge in [0.1, 0.15) is 34.6 Å². The predicted octanol–water partition coefficient (Wildman–Crippen LogP) is 6.05. The zero-order valence-electron chi connectivity index (χ0n) is 46.6. The zero-order valence-corrected chi connectivity index (χ0v) is 46.6. The van der Waals surface area contributed by atoms with Crippen LogP contribution in [0, 0.1) is 42.4 Å². The van der Waals surface area contributed by atoms with Crippen molar-refractivity contribution in [1.82, 2.24) is 19.4 Å². The van der Waals surface area contributed by atoms with Crippen molar-refractivity contribution in [3.8, 4) is 17.2 Å². The molecule has 9 atom stereocenters. The van der Waals surface area contributed by atoms with Crippen LogP contribution in [0.5, 0.6) is 17.2 Å². The Hall–Kier alpha value is -6.57. The van der Waals surface area contributed by atoms with Crippen LogP contribution in [0.2, 0.25) is 0 Å². The maximum absolute atomic E-state index is 14.9. The number of nitrogens with zero attached hydrogens (tertiary/aromatic N) is 5. The number of carbonyl (C=O) groups is 4. The number of aliphatic hydroxyl groups excluding tert-OH is 2. The summed E-state index contributed by atoms with van der Waals surface area (Å²) in [6.07, 6.45) is 12.5. The quantitative estimate of drug-likeness (QED) is 0.0935. The fourth-order valence-corrected chi connectivity index (χ4v) is 12.4. The summed E-state index contributed by atoms with van der Waals surface area (Å²) in [5, 5.41) is 51.1. The number of aromatic nitrogens is 2. The number of imidazole rings is 1. The molecule has 1 aromatic heterocycles. The first kappa shape index (κ1) is 56.2. The third-order valence-electron chi connectivity index (χ3n) is 17.2. The fourth-order valence-electron chi connectivity index (χ4n) is 12.4. The number of Topliss-reactive ketones (excluding diaryl/α,β-unsaturated/α-hetero) is 1. The third kappa shape index (κ3) is 10.3. The van der Waals surface area contributed by atoms with Gasteiger partial charge in [-0.25, -0.2) is 4.79 Å². The minimum Gasteiger partial charge on any atom is -0.507 e. The van der Waals surface area contributed by atoms with Crippen molar-refractivity contribution in [3.63, 3.8) is 0 Å². The number of aromatic hydroxyl groups is 2. The van der Waals surface area contributed by atoms with Gasteiger partial charge in [0.2, 0.25) is 5.91 Å². The average molecular weight is 1080 g/mol. The Bertz CT molecular complexity index is 3210. The molecule has 7 heterocycles. The molecular weight excluding hydrogens is 999 g/mol. The number of nitrogens with one attached hydrogen (secondary N) is 2. The molecule has 2 saturated heterocycles. The van der Waals surface area contributed by atoms with Gasteiger partial charge in [0.25, 0.3) is 11.7 Å². The van der Waals surface area contributed by atoms with Crippen LogP contribution in [0.25, 0.3) is 16.8 Å². The molecule has 19 heteroatoms. The summed E-state index contributed by atoms with van der Waals surface area (Å²) in [6, 6.07) is -0.112. The van der Waals surface area contributed by atoms with Crippen molar-refractivity contribution in [2.75, 3.05) is 38.0 Å². The standard InChI is InChI=1S/C59H77N7O12/c1-30(2)29-64-26-22-59(23-27-64)62-44-41-42-49(69)36(8)52-43(41)53(71)58(10,78-52)76-28-14-17-32(4)51(35(7)48(68)34(6)47(67)31(3)15-13-16-33(5)54(72)61-46(50(42)70)45(44)63-59)77-56(74)37(9)55(73)65-24-20-38(21-25-65)66-40-19-12-11-18-39(40)60-57(66)75/h12-16,19,28,30-32,34-35,37-38,47-48,51,67-70H,11,17-18,20-27,29H2,1-10H3,(H,60,75)(H,61,72)/b15-13+,28-14+,33-16-/t31-,32+,34+,35+,37?,47-,48?,51?,58-/m0/s1. The monoisotopic (exact) mass is 1080 g/mol. The highest BCUT2D eigenvalue weighted by Crippen LogP contribution is 2.50. The van der Waals surface area contributed by atoms with Gasteiger partial charge in [-0.2, -0.15) is 0 Å². The van der Waals surface area contributed by atoms with Crippen molar-refractivity contribution >= 4 is 46.1 Å². The lowest BCUT2D eigenvalue weighted by molar-refractivity contribution is -0.168. The number of allylic oxidation sites excluding steroid dienone is 4. The van der Waals surface area contributed by atoms with Crippen LogP contribution < -0.4 is 26.5 Å². The Kier molecular flexibility index (Phi) is 15.8. The Morgan fingerprint density at radius 1 is 0.910 bits per heavy atom. The van der Waals surface area contributed by atoms with Gasteiger partial charge in [0, 0.05) is 98.5 Å². The summed E-state index contributed by atoms with van der Waals surface area (Å²) >= 11 is 0. The van der Waals surface area contributed by atoms with E-state index in [0.717, 1.165) is 30.8 Å². The summed E-state index contributed by atoms with van der Waals surface area (Å²) < 4.78 is 20.6. The van der Waals surface area contributed by atoms with Gasteiger partial charge in [-0.05, 0) is 76.9 Å². The number of aliphatic hydroxyl groups is 2. The maximum Gasteiger partial charge on any atom is 0.326 e. The molecule has 3 unspecified atom stereocenters. The number of benzene rings is 2. The van der Waals surface area contributed by atoms with Gasteiger partial charge < -0.3 is 54.7 Å². The maximum atomic E-state index is 14.9. The zero-order chi connectivity index (χ0) is 56.3. The predicted molar refractivity (Wildman–Crippen MR) is 292 cm³/mol. The lowest BCUT2D eigenvalue weighted by Crippen LogP contribution is -2.47. The number of piperidine rings is 2. The number of aryl methyl sites for hydroxylation is 1. The topological polar surface area (TPSA) is 258 Å². The summed E-state index contributed by atoms with van der Waals surface area (Å²) in [5.41, 5.74) is 0.965. The summed E-state index contributed by atoms with van der Waals surface area (Å²) in [5.74, 6) is -8.58. The second-order valence-electron chi connectivity index (χ2n) is 23.4. The highest BCUT2D eigenvalue weighted by Gasteiger charge is 2.50. The molecule has 10 rings (SSSR count). The van der Waals surface area contributed by atoms with Gasteiger partial charge in [-0.3, -0.25) is 33.7 Å². The van der Waals surface area contributed by atoms with Crippen LogP contribution in [0.15, 0.2) is 57.0 Å². The highest BCUT2D eigenvalue weighted by atomic mass is 16.7. The van der Waals surface area contributed by atoms with Crippen LogP contribution in [0.3, 0.4) is 0 Å². The lowest BCUT2D eigenvalue weighted by Gasteiger charge is -2.37. The summed E-state index contributed by atoms with van der Waals surface area (Å²) in [4.78, 5) is 87.5. The number of anilines is 1. The van der Waals surface area contributed by atoms with Crippen LogP contribution in [0.1, 0.15) is 134 Å². The lowest BCUT2D eigenvalue weighted by atomic mass is 9.79. The Labute approximate surface area is 454 Å². The van der Waals surface area contributed by atoms with Gasteiger partial charge in [-0.15, -0.1) is 0 Å². The number of aromatic amines is 1. The van der Waals surface area contributed by atoms with E-state index in [1.165, 1.54) is 20.1 Å². The van der Waals surface area contributed by atoms with E-state index in [4.69, 9.17) is 24.2 Å². The smallest absolute Gasteiger partial charge is 0.326 e. The molecule has 6 N–H and O–H groups in total. The van der Waals surface area contributed by atoms with Crippen molar-refractivity contribution in [2.45, 2.75) is 150 Å². The Morgan fingerprint density at radius 2 is 1.60 bits per heavy atom. The number of esters is 1. The number of ketones is 1. The molecule has 2 fully saturated rings. The van der Waals surface area contributed by atoms with Crippen molar-refractivity contribution in [1.29, 1.82) is 0 Å². The van der Waals surface area contributed by atoms with Crippen molar-refractivity contribution < 1.29 is 53.8 Å². The number of phenolic OH excluding ortho intramolecular Hbond substituents is 2. The van der Waals surface area contributed by atoms with E-state index < -0.39 is 88.7 Å². The number of fused-ring (bicyclic) bond motifs is 14. The second kappa shape index (κ2) is 21.9. The van der Waals surface area contributed by atoms with Crippen molar-refractivity contribution in [3.05, 3.63) is 85.9 Å². The molecule has 0 radical (unpaired) electrons. The van der Waals surface area contributed by atoms with Gasteiger partial charge >= 0.3 is 17.4 Å². The van der Waals surface area contributed by atoms with E-state index in [1.807, 2.05) is 13.0 Å². The van der Waals surface area contributed by atoms with Gasteiger partial charge in [0.15, 0.2) is 11.4 Å². The normalized spacial score (nSPS) is 29.7. The van der Waals surface area contributed by atoms with Crippen molar-refractivity contribution in [2.24, 2.45) is 45.5 Å². The molecule has 420 valence electrons. The molecule has 2 aromatic carbocycles. The number of hydrogen-bond donors (Lipinski definition) is 6. The van der Waals surface area contributed by atoms with Crippen LogP contribution in [0.4, 0.5) is 5.69 Å². The summed E-state index contributed by atoms with van der Waals surface area (Å²) in [6.45, 7) is 20.4. The molecule has 0 saturated carbocycles. The van der Waals surface area contributed by atoms with Gasteiger partial charge in [-0.1, -0.05) is 65.8 Å². The highest BCUT2D eigenvalue weighted by molar-refractivity contribution is 6.19. The number of hydrogen-bond acceptors (Lipinski definition) is 15. The van der Waals surface area contributed by atoms with Crippen LogP contribution >= 0.6 is 0 Å². The Balaban J connectivity index is 1.02. The Morgan fingerprint density at radius 3 is 2.29 bits per heavy atom. The molecule has 19 nitrogen and oxygen atoms in total. The van der Waals surface area contributed by atoms with E-state index in [-0.39, 0.29) is 73.5 Å². The van der Waals surface area contributed by atoms with E-state index in [9.17, 15) is 44.4 Å². The molecule has 5 bridgehead atoms. The molecule has 2 amide bonds. The first-order valence-electron chi connectivity index (χ1n) is 27.8. The first-order valence-corrected chi connectivity index (χ1v) is 27.8. The molecule has 6 aliphatic heterocycles. The molecular formula is C59H77N7O12. The minimum atomic E-state index is -1.97. The molecule has 7 aliphatic rings. The molecule has 1 aliphatic carbocycles. The third-order valence-corrected chi connectivity index (χ3v) is 17.2. The minimum absolute atomic E-state index is 0.0262. The van der Waals surface area contributed by atoms with Crippen LogP contribution in [-0.4, -0.2) is 126 Å². The fraction of sp³-hybridized carbons (Fsp3) is 0.576. The number of amides is 2. The van der Waals surface area contributed by atoms with Crippen LogP contribution in [-0.2, 0) is 30.3 Å². The van der Waals surface area contributed by atoms with E-state index >= 15 is 0 Å². The number of rotatable bonds is 6. The van der Waals surface area contributed by atoms with Gasteiger partial charge in [0.05, 0.1) is 40.5 Å². The number of likely N-dealkylation sites (tertiary alicyclic amines) is 2. The van der Waals surface area contributed by atoms with E-state index in [0.29, 0.717) is 57.8 Å². The first-order chi connectivity index (χ1) is 37.0. The molecule has 1 spiro atoms. The average Bonchev–Trinajstić information content (AvgIpc) is 4.25. The number of phenols is 2. The van der Waals surface area contributed by atoms with E-state index in [2.05, 4.69) is 35.1 Å². The number of carbonyl (C=O) groups excluding carboxylic acids is 4. The molecule has 78 heavy (non-hydrogen) atoms.